The lowest BCUT2D eigenvalue weighted by molar-refractivity contribution is 0.0939. The summed E-state index contributed by atoms with van der Waals surface area (Å²) in [7, 11) is 0. The normalized spacial score (nSPS) is 23.5. The van der Waals surface area contributed by atoms with Gasteiger partial charge < -0.3 is 10.6 Å². The van der Waals surface area contributed by atoms with Crippen molar-refractivity contribution in [3.8, 4) is 0 Å². The van der Waals surface area contributed by atoms with Crippen LogP contribution in [0.5, 0.6) is 0 Å². The van der Waals surface area contributed by atoms with E-state index in [-0.39, 0.29) is 23.9 Å². The minimum atomic E-state index is -0.0179. The summed E-state index contributed by atoms with van der Waals surface area (Å²) in [4.78, 5) is 12.6. The van der Waals surface area contributed by atoms with E-state index < -0.39 is 0 Å². The van der Waals surface area contributed by atoms with Gasteiger partial charge in [-0.2, -0.15) is 0 Å². The fraction of sp³-hybridized carbons (Fsp3) is 0.348. The third-order valence-corrected chi connectivity index (χ3v) is 6.76. The Balaban J connectivity index is 1.69. The lowest BCUT2D eigenvalue weighted by atomic mass is 9.76. The Morgan fingerprint density at radius 3 is 2.86 bits per heavy atom. The molecule has 1 heterocycles. The number of benzene rings is 2. The molecule has 0 radical (unpaired) electrons. The molecule has 0 spiro atoms. The fourth-order valence-electron chi connectivity index (χ4n) is 4.21. The van der Waals surface area contributed by atoms with Crippen LogP contribution in [0.1, 0.15) is 60.1 Å². The average molecular weight is 415 g/mol. The van der Waals surface area contributed by atoms with Gasteiger partial charge in [0, 0.05) is 23.2 Å². The van der Waals surface area contributed by atoms with Gasteiger partial charge in [0.25, 0.3) is 5.91 Å². The molecule has 0 fully saturated rings. The zero-order valence-electron chi connectivity index (χ0n) is 16.0. The Morgan fingerprint density at radius 1 is 1.25 bits per heavy atom. The van der Waals surface area contributed by atoms with Gasteiger partial charge in [-0.05, 0) is 61.1 Å². The molecule has 146 valence electrons. The molecule has 3 nitrogen and oxygen atoms in total. The van der Waals surface area contributed by atoms with Crippen LogP contribution in [-0.4, -0.2) is 11.9 Å². The van der Waals surface area contributed by atoms with Gasteiger partial charge in [-0.15, -0.1) is 0 Å². The van der Waals surface area contributed by atoms with Crippen LogP contribution in [0.4, 0.5) is 5.69 Å². The van der Waals surface area contributed by atoms with Gasteiger partial charge in [-0.1, -0.05) is 54.4 Å². The topological polar surface area (TPSA) is 41.1 Å². The predicted octanol–water partition coefficient (Wildman–Crippen LogP) is 6.35. The fourth-order valence-corrected chi connectivity index (χ4v) is 4.64. The highest BCUT2D eigenvalue weighted by molar-refractivity contribution is 6.42. The van der Waals surface area contributed by atoms with Crippen LogP contribution in [0, 0.1) is 5.92 Å². The van der Waals surface area contributed by atoms with Gasteiger partial charge in [0.05, 0.1) is 16.1 Å². The Hall–Kier alpha value is -1.97. The highest BCUT2D eigenvalue weighted by Crippen LogP contribution is 2.51. The number of anilines is 1. The van der Waals surface area contributed by atoms with Gasteiger partial charge in [0.1, 0.15) is 0 Å². The first kappa shape index (κ1) is 19.4. The summed E-state index contributed by atoms with van der Waals surface area (Å²) in [5, 5.41) is 7.89. The van der Waals surface area contributed by atoms with E-state index in [2.05, 4.69) is 29.7 Å². The molecule has 0 bridgehead atoms. The first-order valence-corrected chi connectivity index (χ1v) is 10.6. The molecular weight excluding hydrogens is 391 g/mol. The molecule has 4 unspecified atom stereocenters. The van der Waals surface area contributed by atoms with Crippen LogP contribution >= 0.6 is 23.2 Å². The van der Waals surface area contributed by atoms with Gasteiger partial charge in [-0.25, -0.2) is 0 Å². The SMILES string of the molecule is CCC(C)NC(=O)c1ccc2c(c1)C1C=CCC1C(c1cccc(Cl)c1Cl)N2. The molecular formula is C23H24Cl2N2O. The van der Waals surface area contributed by atoms with Crippen molar-refractivity contribution in [1.29, 1.82) is 0 Å². The van der Waals surface area contributed by atoms with E-state index in [1.54, 1.807) is 0 Å². The number of amides is 1. The van der Waals surface area contributed by atoms with E-state index in [0.29, 0.717) is 21.5 Å². The smallest absolute Gasteiger partial charge is 0.251 e. The predicted molar refractivity (Wildman–Crippen MR) is 116 cm³/mol. The quantitative estimate of drug-likeness (QED) is 0.572. The van der Waals surface area contributed by atoms with E-state index in [1.165, 1.54) is 5.56 Å². The molecule has 1 aliphatic carbocycles. The largest absolute Gasteiger partial charge is 0.378 e. The highest BCUT2D eigenvalue weighted by Gasteiger charge is 2.39. The summed E-state index contributed by atoms with van der Waals surface area (Å²) in [5.41, 5.74) is 3.95. The first-order valence-electron chi connectivity index (χ1n) is 9.81. The number of hydrogen-bond acceptors (Lipinski definition) is 2. The highest BCUT2D eigenvalue weighted by atomic mass is 35.5. The number of nitrogens with one attached hydrogen (secondary N) is 2. The molecule has 0 saturated heterocycles. The first-order chi connectivity index (χ1) is 13.5. The van der Waals surface area contributed by atoms with Gasteiger partial charge >= 0.3 is 0 Å². The molecule has 2 N–H and O–H groups in total. The lowest BCUT2D eigenvalue weighted by Crippen LogP contribution is -2.33. The van der Waals surface area contributed by atoms with E-state index in [9.17, 15) is 4.79 Å². The summed E-state index contributed by atoms with van der Waals surface area (Å²) in [6.45, 7) is 4.09. The Morgan fingerprint density at radius 2 is 2.07 bits per heavy atom. The number of hydrogen-bond donors (Lipinski definition) is 2. The maximum atomic E-state index is 12.6. The molecule has 2 aromatic carbocycles. The maximum Gasteiger partial charge on any atom is 0.251 e. The van der Waals surface area contributed by atoms with Gasteiger partial charge in [0.2, 0.25) is 0 Å². The van der Waals surface area contributed by atoms with E-state index in [0.717, 1.165) is 24.1 Å². The van der Waals surface area contributed by atoms with Crippen molar-refractivity contribution in [2.45, 2.75) is 44.7 Å². The lowest BCUT2D eigenvalue weighted by Gasteiger charge is -2.38. The molecule has 0 saturated carbocycles. The van der Waals surface area contributed by atoms with Crippen LogP contribution in [0.25, 0.3) is 0 Å². The van der Waals surface area contributed by atoms with Crippen LogP contribution in [-0.2, 0) is 0 Å². The van der Waals surface area contributed by atoms with Crippen LogP contribution in [0.2, 0.25) is 10.0 Å². The molecule has 5 heteroatoms. The second-order valence-electron chi connectivity index (χ2n) is 7.70. The van der Waals surface area contributed by atoms with E-state index >= 15 is 0 Å². The van der Waals surface area contributed by atoms with Gasteiger partial charge in [-0.3, -0.25) is 4.79 Å². The molecule has 4 rings (SSSR count). The van der Waals surface area contributed by atoms with Crippen molar-refractivity contribution in [3.05, 3.63) is 75.3 Å². The average Bonchev–Trinajstić information content (AvgIpc) is 3.19. The number of halogens is 2. The molecule has 2 aliphatic rings. The molecule has 1 aliphatic heterocycles. The second-order valence-corrected chi connectivity index (χ2v) is 8.49. The van der Waals surface area contributed by atoms with Crippen molar-refractivity contribution >= 4 is 34.8 Å². The minimum Gasteiger partial charge on any atom is -0.378 e. The second kappa shape index (κ2) is 7.81. The Labute approximate surface area is 176 Å². The number of carbonyl (C=O) groups is 1. The summed E-state index contributed by atoms with van der Waals surface area (Å²) in [5.74, 6) is 0.583. The zero-order valence-corrected chi connectivity index (χ0v) is 17.5. The van der Waals surface area contributed by atoms with Crippen molar-refractivity contribution in [3.63, 3.8) is 0 Å². The summed E-state index contributed by atoms with van der Waals surface area (Å²) in [6.07, 6.45) is 6.36. The van der Waals surface area contributed by atoms with Crippen LogP contribution in [0.15, 0.2) is 48.6 Å². The molecule has 2 aromatic rings. The van der Waals surface area contributed by atoms with Crippen LogP contribution < -0.4 is 10.6 Å². The monoisotopic (exact) mass is 414 g/mol. The van der Waals surface area contributed by atoms with Gasteiger partial charge in [0.15, 0.2) is 0 Å². The van der Waals surface area contributed by atoms with Crippen molar-refractivity contribution in [2.24, 2.45) is 5.92 Å². The van der Waals surface area contributed by atoms with Crippen molar-refractivity contribution in [1.82, 2.24) is 5.32 Å². The number of allylic oxidation sites excluding steroid dienone is 2. The molecule has 0 aromatic heterocycles. The molecule has 4 atom stereocenters. The van der Waals surface area contributed by atoms with Crippen molar-refractivity contribution < 1.29 is 4.79 Å². The Bertz CT molecular complexity index is 940. The standard InChI is InChI=1S/C23H24Cl2N2O/c1-3-13(2)26-23(28)14-10-11-20-18(12-14)15-6-4-7-16(15)22(27-20)17-8-5-9-19(24)21(17)25/h4-6,8-13,15-16,22,27H,3,7H2,1-2H3,(H,26,28). The number of rotatable bonds is 4. The molecule has 28 heavy (non-hydrogen) atoms. The maximum absolute atomic E-state index is 12.6. The van der Waals surface area contributed by atoms with E-state index in [4.69, 9.17) is 23.2 Å². The summed E-state index contributed by atoms with van der Waals surface area (Å²) in [6, 6.07) is 12.0. The third kappa shape index (κ3) is 3.42. The minimum absolute atomic E-state index is 0.0179. The number of carbonyl (C=O) groups excluding carboxylic acids is 1. The summed E-state index contributed by atoms with van der Waals surface area (Å²) < 4.78 is 0. The Kier molecular flexibility index (Phi) is 5.39. The van der Waals surface area contributed by atoms with E-state index in [1.807, 2.05) is 43.3 Å². The summed E-state index contributed by atoms with van der Waals surface area (Å²) >= 11 is 12.8. The number of fused-ring (bicyclic) bond motifs is 3. The van der Waals surface area contributed by atoms with Crippen molar-refractivity contribution in [2.75, 3.05) is 5.32 Å². The van der Waals surface area contributed by atoms with Crippen LogP contribution in [0.3, 0.4) is 0 Å². The molecule has 1 amide bonds. The third-order valence-electron chi connectivity index (χ3n) is 5.93. The zero-order chi connectivity index (χ0) is 19.8.